The molecule has 0 aromatic heterocycles. The predicted molar refractivity (Wildman–Crippen MR) is 37.4 cm³/mol. The number of carbonyl (C=O) groups is 1. The number of thioether (sulfide) groups is 1. The maximum absolute atomic E-state index is 10.4. The third-order valence-corrected chi connectivity index (χ3v) is 1.92. The molecule has 2 nitrogen and oxygen atoms in total. The Morgan fingerprint density at radius 3 is 3.11 bits per heavy atom. The molecule has 1 fully saturated rings. The van der Waals surface area contributed by atoms with Crippen molar-refractivity contribution in [3.8, 4) is 0 Å². The van der Waals surface area contributed by atoms with Crippen molar-refractivity contribution in [2.24, 2.45) is 0 Å². The van der Waals surface area contributed by atoms with Gasteiger partial charge in [-0.3, -0.25) is 0 Å². The van der Waals surface area contributed by atoms with Gasteiger partial charge in [0.25, 0.3) is 0 Å². The second kappa shape index (κ2) is 2.92. The lowest BCUT2D eigenvalue weighted by molar-refractivity contribution is -0.137. The van der Waals surface area contributed by atoms with E-state index >= 15 is 0 Å². The van der Waals surface area contributed by atoms with Crippen LogP contribution in [0.1, 0.15) is 0 Å². The first-order valence-corrected chi connectivity index (χ1v) is 3.78. The molecule has 1 atom stereocenters. The second-order valence-corrected chi connectivity index (χ2v) is 3.12. The van der Waals surface area contributed by atoms with Crippen molar-refractivity contribution in [2.45, 2.75) is 5.25 Å². The molecule has 0 amide bonds. The minimum absolute atomic E-state index is 0.317. The van der Waals surface area contributed by atoms with Gasteiger partial charge in [-0.05, 0) is 0 Å². The largest absolute Gasteiger partial charge is 0.461 e. The number of ether oxygens (including phenoxy) is 1. The molecule has 0 saturated carbocycles. The van der Waals surface area contributed by atoms with Crippen LogP contribution in [-0.4, -0.2) is 23.6 Å². The van der Waals surface area contributed by atoms with Gasteiger partial charge in [0.2, 0.25) is 0 Å². The van der Waals surface area contributed by atoms with Gasteiger partial charge in [0, 0.05) is 17.1 Å². The summed E-state index contributed by atoms with van der Waals surface area (Å²) in [5.41, 5.74) is 0. The third-order valence-electron chi connectivity index (χ3n) is 0.981. The molecule has 1 saturated heterocycles. The zero-order chi connectivity index (χ0) is 6.69. The molecule has 1 aliphatic heterocycles. The summed E-state index contributed by atoms with van der Waals surface area (Å²) in [4.78, 5) is 10.4. The van der Waals surface area contributed by atoms with Crippen molar-refractivity contribution in [3.05, 3.63) is 12.7 Å². The summed E-state index contributed by atoms with van der Waals surface area (Å²) in [6.07, 6.45) is 1.19. The Bertz CT molecular complexity index is 129. The van der Waals surface area contributed by atoms with E-state index < -0.39 is 0 Å². The molecule has 1 aliphatic rings. The van der Waals surface area contributed by atoms with E-state index in [4.69, 9.17) is 4.74 Å². The van der Waals surface area contributed by atoms with E-state index in [1.165, 1.54) is 6.08 Å². The number of esters is 1. The second-order valence-electron chi connectivity index (χ2n) is 1.79. The fourth-order valence-electron chi connectivity index (χ4n) is 0.398. The lowest BCUT2D eigenvalue weighted by atomic mass is 10.5. The quantitative estimate of drug-likeness (QED) is 0.333. The van der Waals surface area contributed by atoms with Gasteiger partial charge in [0.05, 0.1) is 0 Å². The molecule has 1 heterocycles. The molecule has 9 heavy (non-hydrogen) atoms. The van der Waals surface area contributed by atoms with Crippen molar-refractivity contribution in [3.63, 3.8) is 0 Å². The Kier molecular flexibility index (Phi) is 2.16. The van der Waals surface area contributed by atoms with Crippen LogP contribution in [0.3, 0.4) is 0 Å². The summed E-state index contributed by atoms with van der Waals surface area (Å²) >= 11 is 1.81. The lowest BCUT2D eigenvalue weighted by Crippen LogP contribution is -2.05. The molecule has 0 spiro atoms. The van der Waals surface area contributed by atoms with Crippen LogP contribution >= 0.6 is 11.8 Å². The fraction of sp³-hybridized carbons (Fsp3) is 0.500. The molecule has 1 unspecified atom stereocenters. The lowest BCUT2D eigenvalue weighted by Gasteiger charge is -1.95. The van der Waals surface area contributed by atoms with Crippen molar-refractivity contribution < 1.29 is 9.53 Å². The number of hydrogen-bond acceptors (Lipinski definition) is 3. The van der Waals surface area contributed by atoms with E-state index in [-0.39, 0.29) is 5.97 Å². The van der Waals surface area contributed by atoms with Gasteiger partial charge >= 0.3 is 5.97 Å². The highest BCUT2D eigenvalue weighted by Crippen LogP contribution is 2.29. The predicted octanol–water partition coefficient (Wildman–Crippen LogP) is 0.831. The standard InChI is InChI=1S/C6H8O2S/c1-2-6(7)8-3-5-4-9-5/h2,5H,1,3-4H2. The highest BCUT2D eigenvalue weighted by molar-refractivity contribution is 8.06. The Labute approximate surface area is 58.3 Å². The normalized spacial score (nSPS) is 22.9. The van der Waals surface area contributed by atoms with E-state index in [1.807, 2.05) is 11.8 Å². The molecular weight excluding hydrogens is 136 g/mol. The molecule has 50 valence electrons. The van der Waals surface area contributed by atoms with E-state index in [2.05, 4.69) is 6.58 Å². The van der Waals surface area contributed by atoms with Gasteiger partial charge in [-0.25, -0.2) is 4.79 Å². The Morgan fingerprint density at radius 1 is 2.00 bits per heavy atom. The SMILES string of the molecule is C=CC(=O)OCC1CS1. The molecule has 0 radical (unpaired) electrons. The van der Waals surface area contributed by atoms with Crippen LogP contribution in [0, 0.1) is 0 Å². The van der Waals surface area contributed by atoms with Gasteiger partial charge < -0.3 is 4.74 Å². The smallest absolute Gasteiger partial charge is 0.330 e. The first kappa shape index (κ1) is 6.68. The van der Waals surface area contributed by atoms with Gasteiger partial charge in [-0.2, -0.15) is 11.8 Å². The van der Waals surface area contributed by atoms with E-state index in [9.17, 15) is 4.79 Å². The number of rotatable bonds is 3. The summed E-state index contributed by atoms with van der Waals surface area (Å²) in [5, 5.41) is 0.564. The fourth-order valence-corrected chi connectivity index (χ4v) is 0.795. The van der Waals surface area contributed by atoms with Crippen molar-refractivity contribution in [2.75, 3.05) is 12.4 Å². The third kappa shape index (κ3) is 2.56. The van der Waals surface area contributed by atoms with Gasteiger partial charge in [-0.1, -0.05) is 6.58 Å². The van der Waals surface area contributed by atoms with Crippen LogP contribution in [0.4, 0.5) is 0 Å². The van der Waals surface area contributed by atoms with Crippen LogP contribution < -0.4 is 0 Å². The molecule has 0 bridgehead atoms. The van der Waals surface area contributed by atoms with Crippen molar-refractivity contribution >= 4 is 17.7 Å². The van der Waals surface area contributed by atoms with E-state index in [0.717, 1.165) is 5.75 Å². The molecule has 0 N–H and O–H groups in total. The maximum Gasteiger partial charge on any atom is 0.330 e. The zero-order valence-electron chi connectivity index (χ0n) is 5.00. The summed E-state index contributed by atoms with van der Waals surface area (Å²) in [7, 11) is 0. The van der Waals surface area contributed by atoms with E-state index in [0.29, 0.717) is 11.9 Å². The zero-order valence-corrected chi connectivity index (χ0v) is 5.82. The van der Waals surface area contributed by atoms with Crippen LogP contribution in [0.25, 0.3) is 0 Å². The molecule has 0 aromatic rings. The summed E-state index contributed by atoms with van der Waals surface area (Å²) < 4.78 is 4.74. The minimum atomic E-state index is -0.317. The Morgan fingerprint density at radius 2 is 2.67 bits per heavy atom. The number of carbonyl (C=O) groups excluding carboxylic acids is 1. The molecule has 0 aromatic carbocycles. The first-order valence-electron chi connectivity index (χ1n) is 2.73. The van der Waals surface area contributed by atoms with Crippen LogP contribution in [0.15, 0.2) is 12.7 Å². The summed E-state index contributed by atoms with van der Waals surface area (Å²) in [6, 6.07) is 0. The molecular formula is C6H8O2S. The summed E-state index contributed by atoms with van der Waals surface area (Å²) in [5.74, 6) is 0.812. The van der Waals surface area contributed by atoms with Crippen LogP contribution in [0.2, 0.25) is 0 Å². The Hall–Kier alpha value is -0.440. The van der Waals surface area contributed by atoms with Crippen LogP contribution in [-0.2, 0) is 9.53 Å². The van der Waals surface area contributed by atoms with Gasteiger partial charge in [0.15, 0.2) is 0 Å². The molecule has 1 rings (SSSR count). The van der Waals surface area contributed by atoms with Gasteiger partial charge in [0.1, 0.15) is 6.61 Å². The first-order chi connectivity index (χ1) is 4.33. The number of hydrogen-bond donors (Lipinski definition) is 0. The van der Waals surface area contributed by atoms with Gasteiger partial charge in [-0.15, -0.1) is 0 Å². The minimum Gasteiger partial charge on any atom is -0.461 e. The van der Waals surface area contributed by atoms with E-state index in [1.54, 1.807) is 0 Å². The Balaban J connectivity index is 2.02. The van der Waals surface area contributed by atoms with Crippen molar-refractivity contribution in [1.29, 1.82) is 0 Å². The molecule has 0 aliphatic carbocycles. The topological polar surface area (TPSA) is 26.3 Å². The maximum atomic E-state index is 10.4. The van der Waals surface area contributed by atoms with Crippen molar-refractivity contribution in [1.82, 2.24) is 0 Å². The monoisotopic (exact) mass is 144 g/mol. The highest BCUT2D eigenvalue weighted by atomic mass is 32.2. The molecule has 3 heteroatoms. The average Bonchev–Trinajstić information content (AvgIpc) is 2.65. The van der Waals surface area contributed by atoms with Crippen LogP contribution in [0.5, 0.6) is 0 Å². The highest BCUT2D eigenvalue weighted by Gasteiger charge is 2.23. The average molecular weight is 144 g/mol. The summed E-state index contributed by atoms with van der Waals surface area (Å²) in [6.45, 7) is 3.83.